The number of benzene rings is 1. The number of aromatic carboxylic acids is 1. The summed E-state index contributed by atoms with van der Waals surface area (Å²) in [5.41, 5.74) is 1.39. The average Bonchev–Trinajstić information content (AvgIpc) is 3.08. The summed E-state index contributed by atoms with van der Waals surface area (Å²) < 4.78 is 25.0. The highest BCUT2D eigenvalue weighted by atomic mass is 32.1. The molecular weight excluding hydrogens is 453 g/mol. The van der Waals surface area contributed by atoms with E-state index in [0.717, 1.165) is 18.3 Å². The molecule has 32 heavy (non-hydrogen) atoms. The maximum atomic E-state index is 15.3. The summed E-state index contributed by atoms with van der Waals surface area (Å²) >= 11 is 0. The monoisotopic (exact) mass is 481 g/mol. The molecule has 5 rings (SSSR count). The number of carboxylic acids is 1. The molecule has 7 nitrogen and oxygen atoms in total. The quantitative estimate of drug-likeness (QED) is 0.584. The molecule has 2 N–H and O–H groups in total. The molecule has 0 bridgehead atoms. The number of pyridine rings is 1. The first-order valence-corrected chi connectivity index (χ1v) is 9.55. The van der Waals surface area contributed by atoms with Crippen molar-refractivity contribution in [2.24, 2.45) is 0 Å². The molecule has 2 aliphatic rings. The molecule has 174 valence electrons. The molecule has 1 aromatic carbocycles. The van der Waals surface area contributed by atoms with Crippen molar-refractivity contribution in [1.29, 1.82) is 0 Å². The third kappa shape index (κ3) is 3.80. The summed E-state index contributed by atoms with van der Waals surface area (Å²) in [6, 6.07) is 3.20. The fourth-order valence-corrected chi connectivity index (χ4v) is 4.30. The lowest BCUT2D eigenvalue weighted by molar-refractivity contribution is 0.0694. The predicted molar refractivity (Wildman–Crippen MR) is 133 cm³/mol. The molecular formula is C22H28FN3O4S2. The Morgan fingerprint density at radius 1 is 1.25 bits per heavy atom. The Labute approximate surface area is 199 Å². The first-order chi connectivity index (χ1) is 13.8. The van der Waals surface area contributed by atoms with Gasteiger partial charge in [-0.1, -0.05) is 7.43 Å². The topological polar surface area (TPSA) is 85.5 Å². The van der Waals surface area contributed by atoms with Gasteiger partial charge in [-0.2, -0.15) is 27.0 Å². The minimum Gasteiger partial charge on any atom is -0.488 e. The van der Waals surface area contributed by atoms with Crippen molar-refractivity contribution in [2.45, 2.75) is 46.4 Å². The number of hydrogen-bond donors (Lipinski definition) is 2. The van der Waals surface area contributed by atoms with Crippen LogP contribution < -0.4 is 15.5 Å². The number of carboxylic acid groups (broad SMARTS) is 1. The number of nitrogens with zero attached hydrogens (tertiary/aromatic N) is 2. The van der Waals surface area contributed by atoms with Crippen LogP contribution in [-0.2, 0) is 13.1 Å². The van der Waals surface area contributed by atoms with Gasteiger partial charge in [0.05, 0.1) is 22.5 Å². The molecule has 10 heteroatoms. The number of carbonyl (C=O) groups is 1. The molecule has 0 aliphatic carbocycles. The number of rotatable bonds is 2. The minimum atomic E-state index is -1.33. The van der Waals surface area contributed by atoms with Crippen LogP contribution in [0.25, 0.3) is 22.0 Å². The number of fused-ring (bicyclic) bond motifs is 1. The van der Waals surface area contributed by atoms with E-state index in [1.807, 2.05) is 19.2 Å². The fourth-order valence-electron chi connectivity index (χ4n) is 4.30. The van der Waals surface area contributed by atoms with Crippen LogP contribution in [0.15, 0.2) is 29.3 Å². The lowest BCUT2D eigenvalue weighted by Crippen LogP contribution is -2.35. The zero-order chi connectivity index (χ0) is 20.4. The van der Waals surface area contributed by atoms with E-state index >= 15 is 4.39 Å². The van der Waals surface area contributed by atoms with Crippen molar-refractivity contribution in [1.82, 2.24) is 14.5 Å². The second-order valence-electron chi connectivity index (χ2n) is 7.86. The normalized spacial score (nSPS) is 18.5. The zero-order valence-corrected chi connectivity index (χ0v) is 19.0. The maximum Gasteiger partial charge on any atom is 0.341 e. The molecule has 0 saturated heterocycles. The predicted octanol–water partition coefficient (Wildman–Crippen LogP) is 3.61. The highest BCUT2D eigenvalue weighted by molar-refractivity contribution is 7.59. The fraction of sp³-hybridized carbons (Fsp3) is 0.364. The molecule has 0 radical (unpaired) electrons. The Kier molecular flexibility index (Phi) is 7.43. The van der Waals surface area contributed by atoms with Gasteiger partial charge in [0.25, 0.3) is 0 Å². The van der Waals surface area contributed by atoms with Crippen LogP contribution in [0.5, 0.6) is 5.75 Å². The number of halogens is 1. The van der Waals surface area contributed by atoms with Crippen LogP contribution in [0.3, 0.4) is 0 Å². The Hall–Kier alpha value is -2.43. The molecule has 2 aromatic heterocycles. The molecule has 0 unspecified atom stereocenters. The molecule has 3 aromatic rings. The lowest BCUT2D eigenvalue weighted by Gasteiger charge is -2.28. The van der Waals surface area contributed by atoms with Crippen molar-refractivity contribution in [3.05, 3.63) is 51.8 Å². The number of aromatic nitrogens is 2. The third-order valence-corrected chi connectivity index (χ3v) is 5.77. The lowest BCUT2D eigenvalue weighted by atomic mass is 10.00. The molecule has 4 heterocycles. The largest absolute Gasteiger partial charge is 0.488 e. The van der Waals surface area contributed by atoms with Crippen LogP contribution in [-0.4, -0.2) is 32.9 Å². The van der Waals surface area contributed by atoms with E-state index in [-0.39, 0.29) is 63.8 Å². The van der Waals surface area contributed by atoms with Crippen LogP contribution >= 0.6 is 27.0 Å². The Balaban J connectivity index is 0.00000121. The van der Waals surface area contributed by atoms with Gasteiger partial charge in [0.15, 0.2) is 5.75 Å². The zero-order valence-electron chi connectivity index (χ0n) is 17.0. The average molecular weight is 482 g/mol. The third-order valence-electron chi connectivity index (χ3n) is 5.77. The van der Waals surface area contributed by atoms with Gasteiger partial charge >= 0.3 is 5.97 Å². The van der Waals surface area contributed by atoms with Crippen molar-refractivity contribution < 1.29 is 19.0 Å². The SMILES string of the molecule is C.C[C@H]1Cn2cc(-c3c(F)cc4c(=O)c(C(=O)O)cn5c4c3OC[C@@H]5C)cc2CN1.S.S. The summed E-state index contributed by atoms with van der Waals surface area (Å²) in [6.45, 7) is 5.69. The van der Waals surface area contributed by atoms with Gasteiger partial charge in [-0.3, -0.25) is 4.79 Å². The number of ether oxygens (including phenoxy) is 1. The summed E-state index contributed by atoms with van der Waals surface area (Å²) in [6.07, 6.45) is 3.24. The standard InChI is InChI=1S/C21H20FN3O4.CH4.2H2S/c1-10-6-24-7-12(3-13(24)5-23-10)17-16(22)4-14-18-20(17)29-9-11(2)25(18)8-15(19(14)26)21(27)28;;;/h3-4,7-8,10-11,23H,5-6,9H2,1-2H3,(H,27,28);1H4;2*1H2/t10-,11-;;;/m0.../s1. The van der Waals surface area contributed by atoms with E-state index in [0.29, 0.717) is 29.2 Å². The second kappa shape index (κ2) is 9.21. The van der Waals surface area contributed by atoms with Crippen molar-refractivity contribution in [3.8, 4) is 16.9 Å². The van der Waals surface area contributed by atoms with Crippen molar-refractivity contribution >= 4 is 43.9 Å². The van der Waals surface area contributed by atoms with Gasteiger partial charge in [-0.05, 0) is 26.0 Å². The van der Waals surface area contributed by atoms with Crippen LogP contribution in [0, 0.1) is 5.82 Å². The van der Waals surface area contributed by atoms with Crippen LogP contribution in [0.4, 0.5) is 4.39 Å². The van der Waals surface area contributed by atoms with Gasteiger partial charge in [0.1, 0.15) is 18.0 Å². The Morgan fingerprint density at radius 3 is 2.66 bits per heavy atom. The summed E-state index contributed by atoms with van der Waals surface area (Å²) in [4.78, 5) is 24.2. The highest BCUT2D eigenvalue weighted by Gasteiger charge is 2.29. The first-order valence-electron chi connectivity index (χ1n) is 9.55. The van der Waals surface area contributed by atoms with Crippen molar-refractivity contribution in [3.63, 3.8) is 0 Å². The molecule has 0 amide bonds. The molecule has 2 aliphatic heterocycles. The molecule has 0 spiro atoms. The molecule has 0 saturated carbocycles. The van der Waals surface area contributed by atoms with Gasteiger partial charge in [-0.15, -0.1) is 0 Å². The maximum absolute atomic E-state index is 15.3. The number of nitrogens with one attached hydrogen (secondary N) is 1. The summed E-state index contributed by atoms with van der Waals surface area (Å²) in [5.74, 6) is -1.64. The Morgan fingerprint density at radius 2 is 1.97 bits per heavy atom. The van der Waals surface area contributed by atoms with E-state index < -0.39 is 17.2 Å². The van der Waals surface area contributed by atoms with Crippen LogP contribution in [0.1, 0.15) is 43.4 Å². The summed E-state index contributed by atoms with van der Waals surface area (Å²) in [7, 11) is 0. The van der Waals surface area contributed by atoms with Crippen LogP contribution in [0.2, 0.25) is 0 Å². The van der Waals surface area contributed by atoms with E-state index in [2.05, 4.69) is 16.8 Å². The molecule has 2 atom stereocenters. The minimum absolute atomic E-state index is 0. The van der Waals surface area contributed by atoms with Gasteiger partial charge in [0, 0.05) is 42.8 Å². The number of hydrogen-bond acceptors (Lipinski definition) is 4. The first kappa shape index (κ1) is 25.8. The smallest absolute Gasteiger partial charge is 0.341 e. The van der Waals surface area contributed by atoms with E-state index in [4.69, 9.17) is 4.74 Å². The van der Waals surface area contributed by atoms with E-state index in [1.54, 1.807) is 4.57 Å². The van der Waals surface area contributed by atoms with Gasteiger partial charge in [0.2, 0.25) is 5.43 Å². The van der Waals surface area contributed by atoms with E-state index in [9.17, 15) is 14.7 Å². The molecule has 0 fully saturated rings. The van der Waals surface area contributed by atoms with E-state index in [1.165, 1.54) is 6.20 Å². The van der Waals surface area contributed by atoms with Gasteiger partial charge < -0.3 is 24.3 Å². The highest BCUT2D eigenvalue weighted by Crippen LogP contribution is 2.42. The Bertz CT molecular complexity index is 1250. The summed E-state index contributed by atoms with van der Waals surface area (Å²) in [5, 5.41) is 12.8. The second-order valence-corrected chi connectivity index (χ2v) is 7.86. The van der Waals surface area contributed by atoms with Gasteiger partial charge in [-0.25, -0.2) is 9.18 Å². The van der Waals surface area contributed by atoms with Crippen molar-refractivity contribution in [2.75, 3.05) is 6.61 Å².